The smallest absolute Gasteiger partial charge is 0.266 e. The molecule has 2 aromatic rings. The molecule has 1 amide bonds. The number of benzene rings is 1. The van der Waals surface area contributed by atoms with Crippen molar-refractivity contribution in [2.75, 3.05) is 0 Å². The summed E-state index contributed by atoms with van der Waals surface area (Å²) in [6.07, 6.45) is 3.14. The zero-order valence-corrected chi connectivity index (χ0v) is 11.0. The van der Waals surface area contributed by atoms with Crippen LogP contribution in [0.1, 0.15) is 16.1 Å². The highest BCUT2D eigenvalue weighted by Gasteiger charge is 2.03. The van der Waals surface area contributed by atoms with Crippen LogP contribution in [0.5, 0.6) is 0 Å². The quantitative estimate of drug-likeness (QED) is 0.700. The maximum atomic E-state index is 11.6. The molecule has 0 spiro atoms. The molecule has 0 aliphatic rings. The summed E-state index contributed by atoms with van der Waals surface area (Å²) in [6.45, 7) is 0. The Labute approximate surface area is 113 Å². The van der Waals surface area contributed by atoms with Gasteiger partial charge in [0.2, 0.25) is 0 Å². The molecule has 1 heterocycles. The van der Waals surface area contributed by atoms with Crippen LogP contribution < -0.4 is 5.43 Å². The van der Waals surface area contributed by atoms with Gasteiger partial charge in [0.15, 0.2) is 0 Å². The minimum atomic E-state index is -0.334. The van der Waals surface area contributed by atoms with Crippen LogP contribution in [0.15, 0.2) is 58.2 Å². The van der Waals surface area contributed by atoms with Gasteiger partial charge in [0.1, 0.15) is 5.69 Å². The van der Waals surface area contributed by atoms with Crippen molar-refractivity contribution in [3.63, 3.8) is 0 Å². The van der Waals surface area contributed by atoms with E-state index >= 15 is 0 Å². The molecule has 90 valence electrons. The molecule has 0 saturated carbocycles. The second-order valence-corrected chi connectivity index (χ2v) is 4.29. The van der Waals surface area contributed by atoms with E-state index in [1.807, 2.05) is 24.3 Å². The number of hydrogen-bond donors (Lipinski definition) is 1. The number of amides is 1. The van der Waals surface area contributed by atoms with Crippen LogP contribution in [-0.2, 0) is 0 Å². The lowest BCUT2D eigenvalue weighted by molar-refractivity contribution is 0.0950. The highest BCUT2D eigenvalue weighted by atomic mass is 79.9. The maximum Gasteiger partial charge on any atom is 0.289 e. The minimum absolute atomic E-state index is 0.334. The number of carbonyl (C=O) groups excluding carboxylic acids is 1. The van der Waals surface area contributed by atoms with Crippen LogP contribution in [0.25, 0.3) is 0 Å². The SMILES string of the molecule is O=C(N/N=C/c1ccccc1Br)c1ccccn1. The van der Waals surface area contributed by atoms with Gasteiger partial charge in [0.05, 0.1) is 6.21 Å². The molecule has 2 rings (SSSR count). The highest BCUT2D eigenvalue weighted by molar-refractivity contribution is 9.10. The fourth-order valence-corrected chi connectivity index (χ4v) is 1.68. The lowest BCUT2D eigenvalue weighted by atomic mass is 10.2. The lowest BCUT2D eigenvalue weighted by Gasteiger charge is -1.99. The Bertz CT molecular complexity index is 569. The average molecular weight is 304 g/mol. The number of nitrogens with one attached hydrogen (secondary N) is 1. The van der Waals surface area contributed by atoms with Gasteiger partial charge in [0, 0.05) is 16.2 Å². The first-order valence-corrected chi connectivity index (χ1v) is 6.05. The molecule has 1 aromatic carbocycles. The predicted octanol–water partition coefficient (Wildman–Crippen LogP) is 2.61. The van der Waals surface area contributed by atoms with Gasteiger partial charge in [-0.1, -0.05) is 40.2 Å². The van der Waals surface area contributed by atoms with E-state index in [1.165, 1.54) is 0 Å². The Morgan fingerprint density at radius 2 is 2.00 bits per heavy atom. The monoisotopic (exact) mass is 303 g/mol. The van der Waals surface area contributed by atoms with Gasteiger partial charge in [-0.15, -0.1) is 0 Å². The molecule has 0 saturated heterocycles. The number of hydrogen-bond acceptors (Lipinski definition) is 3. The number of carbonyl (C=O) groups is 1. The first-order valence-electron chi connectivity index (χ1n) is 5.26. The first kappa shape index (κ1) is 12.4. The maximum absolute atomic E-state index is 11.6. The third kappa shape index (κ3) is 3.24. The standard InChI is InChI=1S/C13H10BrN3O/c14-11-6-2-1-5-10(11)9-16-17-13(18)12-7-3-4-8-15-12/h1-9H,(H,17,18)/b16-9+. The molecule has 18 heavy (non-hydrogen) atoms. The van der Waals surface area contributed by atoms with Crippen LogP contribution in [-0.4, -0.2) is 17.1 Å². The fourth-order valence-electron chi connectivity index (χ4n) is 1.29. The van der Waals surface area contributed by atoms with Gasteiger partial charge in [-0.2, -0.15) is 5.10 Å². The van der Waals surface area contributed by atoms with E-state index in [2.05, 4.69) is 31.4 Å². The summed E-state index contributed by atoms with van der Waals surface area (Å²) in [4.78, 5) is 15.5. The van der Waals surface area contributed by atoms with Crippen molar-refractivity contribution in [1.82, 2.24) is 10.4 Å². The van der Waals surface area contributed by atoms with E-state index in [0.29, 0.717) is 5.69 Å². The molecular formula is C13H10BrN3O. The molecule has 0 fully saturated rings. The van der Waals surface area contributed by atoms with E-state index in [4.69, 9.17) is 0 Å². The highest BCUT2D eigenvalue weighted by Crippen LogP contribution is 2.13. The van der Waals surface area contributed by atoms with Crippen LogP contribution in [0.4, 0.5) is 0 Å². The Hall–Kier alpha value is -2.01. The number of aromatic nitrogens is 1. The normalized spacial score (nSPS) is 10.5. The molecule has 5 heteroatoms. The molecule has 0 bridgehead atoms. The summed E-state index contributed by atoms with van der Waals surface area (Å²) < 4.78 is 0.917. The third-order valence-electron chi connectivity index (χ3n) is 2.17. The summed E-state index contributed by atoms with van der Waals surface area (Å²) in [7, 11) is 0. The van der Waals surface area contributed by atoms with E-state index in [-0.39, 0.29) is 5.91 Å². The summed E-state index contributed by atoms with van der Waals surface area (Å²) >= 11 is 3.39. The van der Waals surface area contributed by atoms with Crippen LogP contribution in [0.3, 0.4) is 0 Å². The van der Waals surface area contributed by atoms with Gasteiger partial charge < -0.3 is 0 Å². The van der Waals surface area contributed by atoms with Gasteiger partial charge in [0.25, 0.3) is 5.91 Å². The summed E-state index contributed by atoms with van der Waals surface area (Å²) in [5.74, 6) is -0.334. The largest absolute Gasteiger partial charge is 0.289 e. The number of pyridine rings is 1. The molecule has 0 aliphatic carbocycles. The Kier molecular flexibility index (Phi) is 4.20. The zero-order valence-electron chi connectivity index (χ0n) is 9.38. The van der Waals surface area contributed by atoms with Crippen LogP contribution in [0, 0.1) is 0 Å². The average Bonchev–Trinajstić information content (AvgIpc) is 2.42. The van der Waals surface area contributed by atoms with Crippen molar-refractivity contribution < 1.29 is 4.79 Å². The molecule has 1 N–H and O–H groups in total. The predicted molar refractivity (Wildman–Crippen MR) is 73.4 cm³/mol. The van der Waals surface area contributed by atoms with Crippen molar-refractivity contribution in [2.24, 2.45) is 5.10 Å². The zero-order chi connectivity index (χ0) is 12.8. The van der Waals surface area contributed by atoms with Crippen molar-refractivity contribution >= 4 is 28.1 Å². The number of rotatable bonds is 3. The minimum Gasteiger partial charge on any atom is -0.266 e. The lowest BCUT2D eigenvalue weighted by Crippen LogP contribution is -2.18. The van der Waals surface area contributed by atoms with Gasteiger partial charge >= 0.3 is 0 Å². The number of nitrogens with zero attached hydrogens (tertiary/aromatic N) is 2. The van der Waals surface area contributed by atoms with E-state index in [9.17, 15) is 4.79 Å². The molecule has 0 unspecified atom stereocenters. The number of hydrazone groups is 1. The van der Waals surface area contributed by atoms with Gasteiger partial charge in [-0.25, -0.2) is 5.43 Å². The summed E-state index contributed by atoms with van der Waals surface area (Å²) in [6, 6.07) is 12.7. The fraction of sp³-hybridized carbons (Fsp3) is 0. The van der Waals surface area contributed by atoms with E-state index < -0.39 is 0 Å². The molecule has 4 nitrogen and oxygen atoms in total. The topological polar surface area (TPSA) is 54.4 Å². The molecule has 0 aliphatic heterocycles. The Balaban J connectivity index is 2.00. The summed E-state index contributed by atoms with van der Waals surface area (Å²) in [5, 5.41) is 3.88. The second-order valence-electron chi connectivity index (χ2n) is 3.44. The van der Waals surface area contributed by atoms with Gasteiger partial charge in [-0.05, 0) is 18.2 Å². The number of halogens is 1. The van der Waals surface area contributed by atoms with Crippen molar-refractivity contribution in [2.45, 2.75) is 0 Å². The van der Waals surface area contributed by atoms with E-state index in [0.717, 1.165) is 10.0 Å². The summed E-state index contributed by atoms with van der Waals surface area (Å²) in [5.41, 5.74) is 3.64. The molecule has 0 atom stereocenters. The van der Waals surface area contributed by atoms with Crippen molar-refractivity contribution in [3.05, 3.63) is 64.4 Å². The van der Waals surface area contributed by atoms with Crippen molar-refractivity contribution in [1.29, 1.82) is 0 Å². The Morgan fingerprint density at radius 3 is 2.72 bits per heavy atom. The van der Waals surface area contributed by atoms with Crippen molar-refractivity contribution in [3.8, 4) is 0 Å². The third-order valence-corrected chi connectivity index (χ3v) is 2.89. The first-order chi connectivity index (χ1) is 8.77. The molecule has 0 radical (unpaired) electrons. The second kappa shape index (κ2) is 6.07. The van der Waals surface area contributed by atoms with Gasteiger partial charge in [-0.3, -0.25) is 9.78 Å². The van der Waals surface area contributed by atoms with Crippen LogP contribution >= 0.6 is 15.9 Å². The molecular weight excluding hydrogens is 294 g/mol. The van der Waals surface area contributed by atoms with E-state index in [1.54, 1.807) is 30.6 Å². The molecule has 1 aromatic heterocycles. The Morgan fingerprint density at radius 1 is 1.22 bits per heavy atom. The van der Waals surface area contributed by atoms with Crippen LogP contribution in [0.2, 0.25) is 0 Å².